The minimum Gasteiger partial charge on any atom is -0.325 e. The van der Waals surface area contributed by atoms with Crippen LogP contribution in [0.5, 0.6) is 0 Å². The van der Waals surface area contributed by atoms with Gasteiger partial charge in [-0.2, -0.15) is 0 Å². The Hall–Kier alpha value is -1.47. The number of halogens is 1. The van der Waals surface area contributed by atoms with Crippen molar-refractivity contribution in [3.05, 3.63) is 30.1 Å². The molecule has 1 N–H and O–H groups in total. The topological polar surface area (TPSA) is 66.5 Å². The number of likely N-dealkylation sites (N-methyl/N-ethyl adjacent to an activating group) is 1. The van der Waals surface area contributed by atoms with Crippen LogP contribution in [-0.2, 0) is 14.6 Å². The van der Waals surface area contributed by atoms with Crippen LogP contribution in [0.25, 0.3) is 0 Å². The molecule has 5 nitrogen and oxygen atoms in total. The summed E-state index contributed by atoms with van der Waals surface area (Å²) in [5.74, 6) is -0.698. The van der Waals surface area contributed by atoms with Crippen LogP contribution in [0.3, 0.4) is 0 Å². The number of carbonyl (C=O) groups excluding carboxylic acids is 1. The molecule has 2 atom stereocenters. The van der Waals surface area contributed by atoms with Crippen LogP contribution in [-0.4, -0.2) is 50.4 Å². The highest BCUT2D eigenvalue weighted by Crippen LogP contribution is 2.27. The highest BCUT2D eigenvalue weighted by molar-refractivity contribution is 7.91. The van der Waals surface area contributed by atoms with Gasteiger partial charge in [0.15, 0.2) is 9.84 Å². The predicted octanol–water partition coefficient (Wildman–Crippen LogP) is 2.05. The zero-order valence-electron chi connectivity index (χ0n) is 13.5. The standard InChI is InChI=1S/C16H23FN2O3S/c1-19(14-8-3-4-9-15(14)23(2,21)22)11-16(20)18-13-7-5-6-12(17)10-13/h5-7,10,14-15H,3-4,8-9,11H2,1-2H3,(H,18,20)/t14-,15+/m1/s1. The fourth-order valence-corrected chi connectivity index (χ4v) is 4.70. The van der Waals surface area contributed by atoms with Gasteiger partial charge >= 0.3 is 0 Å². The van der Waals surface area contributed by atoms with E-state index in [2.05, 4.69) is 5.32 Å². The molecule has 2 rings (SSSR count). The van der Waals surface area contributed by atoms with Crippen molar-refractivity contribution in [3.63, 3.8) is 0 Å². The number of anilines is 1. The van der Waals surface area contributed by atoms with Crippen LogP contribution < -0.4 is 5.32 Å². The molecular formula is C16H23FN2O3S. The first-order valence-corrected chi connectivity index (χ1v) is 9.67. The van der Waals surface area contributed by atoms with E-state index in [0.29, 0.717) is 12.1 Å². The first-order chi connectivity index (χ1) is 10.8. The predicted molar refractivity (Wildman–Crippen MR) is 88.5 cm³/mol. The third-order valence-electron chi connectivity index (χ3n) is 4.29. The Labute approximate surface area is 136 Å². The summed E-state index contributed by atoms with van der Waals surface area (Å²) < 4.78 is 37.0. The number of hydrogen-bond donors (Lipinski definition) is 1. The second kappa shape index (κ2) is 7.40. The average Bonchev–Trinajstić information content (AvgIpc) is 2.46. The van der Waals surface area contributed by atoms with Gasteiger partial charge in [0, 0.05) is 18.0 Å². The highest BCUT2D eigenvalue weighted by atomic mass is 32.2. The zero-order chi connectivity index (χ0) is 17.0. The fraction of sp³-hybridized carbons (Fsp3) is 0.562. The van der Waals surface area contributed by atoms with Crippen molar-refractivity contribution in [1.29, 1.82) is 0 Å². The lowest BCUT2D eigenvalue weighted by molar-refractivity contribution is -0.117. The zero-order valence-corrected chi connectivity index (χ0v) is 14.3. The first kappa shape index (κ1) is 17.9. The molecule has 0 saturated heterocycles. The van der Waals surface area contributed by atoms with Gasteiger partial charge in [-0.25, -0.2) is 12.8 Å². The molecule has 1 aliphatic rings. The molecule has 7 heteroatoms. The van der Waals surface area contributed by atoms with Gasteiger partial charge in [0.05, 0.1) is 11.8 Å². The molecule has 0 aromatic heterocycles. The Kier molecular flexibility index (Phi) is 5.75. The summed E-state index contributed by atoms with van der Waals surface area (Å²) in [5.41, 5.74) is 0.395. The van der Waals surface area contributed by atoms with Crippen molar-refractivity contribution < 1.29 is 17.6 Å². The molecule has 1 aliphatic carbocycles. The molecular weight excluding hydrogens is 319 g/mol. The van der Waals surface area contributed by atoms with Gasteiger partial charge in [0.2, 0.25) is 5.91 Å². The summed E-state index contributed by atoms with van der Waals surface area (Å²) in [6.45, 7) is 0.0766. The van der Waals surface area contributed by atoms with E-state index in [1.807, 2.05) is 0 Å². The number of rotatable bonds is 5. The molecule has 0 radical (unpaired) electrons. The maximum Gasteiger partial charge on any atom is 0.238 e. The number of amides is 1. The summed E-state index contributed by atoms with van der Waals surface area (Å²) in [6, 6.07) is 5.53. The van der Waals surface area contributed by atoms with Crippen LogP contribution in [0, 0.1) is 5.82 Å². The van der Waals surface area contributed by atoms with Crippen LogP contribution in [0.15, 0.2) is 24.3 Å². The number of benzene rings is 1. The number of nitrogens with zero attached hydrogens (tertiary/aromatic N) is 1. The molecule has 1 aromatic rings. The summed E-state index contributed by atoms with van der Waals surface area (Å²) in [4.78, 5) is 13.9. The second-order valence-electron chi connectivity index (χ2n) is 6.19. The van der Waals surface area contributed by atoms with Crippen LogP contribution in [0.2, 0.25) is 0 Å². The Morgan fingerprint density at radius 2 is 2.04 bits per heavy atom. The van der Waals surface area contributed by atoms with Crippen molar-refractivity contribution in [2.24, 2.45) is 0 Å². The molecule has 1 fully saturated rings. The van der Waals surface area contributed by atoms with E-state index < -0.39 is 20.9 Å². The van der Waals surface area contributed by atoms with Gasteiger partial charge < -0.3 is 5.32 Å². The smallest absolute Gasteiger partial charge is 0.238 e. The summed E-state index contributed by atoms with van der Waals surface area (Å²) in [7, 11) is -1.38. The first-order valence-electron chi connectivity index (χ1n) is 7.72. The summed E-state index contributed by atoms with van der Waals surface area (Å²) in [5, 5.41) is 2.21. The number of nitrogens with one attached hydrogen (secondary N) is 1. The number of hydrogen-bond acceptors (Lipinski definition) is 4. The Morgan fingerprint density at radius 1 is 1.35 bits per heavy atom. The van der Waals surface area contributed by atoms with Gasteiger partial charge in [-0.15, -0.1) is 0 Å². The van der Waals surface area contributed by atoms with Gasteiger partial charge in [0.1, 0.15) is 5.82 Å². The van der Waals surface area contributed by atoms with Crippen molar-refractivity contribution in [2.45, 2.75) is 37.0 Å². The van der Waals surface area contributed by atoms with Crippen LogP contribution >= 0.6 is 0 Å². The van der Waals surface area contributed by atoms with Crippen molar-refractivity contribution in [3.8, 4) is 0 Å². The third kappa shape index (κ3) is 5.00. The lowest BCUT2D eigenvalue weighted by atomic mass is 9.94. The molecule has 1 saturated carbocycles. The monoisotopic (exact) mass is 342 g/mol. The van der Waals surface area contributed by atoms with Gasteiger partial charge in [-0.3, -0.25) is 9.69 Å². The van der Waals surface area contributed by atoms with Gasteiger partial charge in [-0.1, -0.05) is 18.9 Å². The molecule has 128 valence electrons. The van der Waals surface area contributed by atoms with Crippen LogP contribution in [0.4, 0.5) is 10.1 Å². The SMILES string of the molecule is CN(CC(=O)Nc1cccc(F)c1)[C@@H]1CCCC[C@@H]1S(C)(=O)=O. The Bertz CT molecular complexity index is 663. The Morgan fingerprint density at radius 3 is 2.70 bits per heavy atom. The molecule has 0 spiro atoms. The molecule has 0 heterocycles. The molecule has 1 aromatic carbocycles. The highest BCUT2D eigenvalue weighted by Gasteiger charge is 2.35. The van der Waals surface area contributed by atoms with E-state index in [4.69, 9.17) is 0 Å². The lowest BCUT2D eigenvalue weighted by Gasteiger charge is -2.36. The third-order valence-corrected chi connectivity index (χ3v) is 5.93. The van der Waals surface area contributed by atoms with E-state index in [0.717, 1.165) is 19.3 Å². The maximum absolute atomic E-state index is 13.1. The van der Waals surface area contributed by atoms with E-state index in [9.17, 15) is 17.6 Å². The van der Waals surface area contributed by atoms with E-state index in [-0.39, 0.29) is 18.5 Å². The molecule has 0 bridgehead atoms. The molecule has 1 amide bonds. The minimum atomic E-state index is -3.14. The average molecular weight is 342 g/mol. The van der Waals surface area contributed by atoms with Crippen molar-refractivity contribution in [2.75, 3.05) is 25.2 Å². The van der Waals surface area contributed by atoms with E-state index in [1.54, 1.807) is 18.0 Å². The largest absolute Gasteiger partial charge is 0.325 e. The van der Waals surface area contributed by atoms with E-state index in [1.165, 1.54) is 24.5 Å². The minimum absolute atomic E-state index is 0.0766. The maximum atomic E-state index is 13.1. The molecule has 0 unspecified atom stereocenters. The lowest BCUT2D eigenvalue weighted by Crippen LogP contribution is -2.49. The van der Waals surface area contributed by atoms with E-state index >= 15 is 0 Å². The molecule has 0 aliphatic heterocycles. The van der Waals surface area contributed by atoms with Gasteiger partial charge in [-0.05, 0) is 38.1 Å². The normalized spacial score (nSPS) is 22.1. The second-order valence-corrected chi connectivity index (χ2v) is 8.46. The molecule has 23 heavy (non-hydrogen) atoms. The van der Waals surface area contributed by atoms with Gasteiger partial charge in [0.25, 0.3) is 0 Å². The number of sulfone groups is 1. The van der Waals surface area contributed by atoms with Crippen molar-refractivity contribution >= 4 is 21.4 Å². The number of carbonyl (C=O) groups is 1. The Balaban J connectivity index is 1.99. The quantitative estimate of drug-likeness (QED) is 0.889. The summed E-state index contributed by atoms with van der Waals surface area (Å²) in [6.07, 6.45) is 4.53. The van der Waals surface area contributed by atoms with Crippen molar-refractivity contribution in [1.82, 2.24) is 4.90 Å². The van der Waals surface area contributed by atoms with Crippen LogP contribution in [0.1, 0.15) is 25.7 Å². The fourth-order valence-electron chi connectivity index (χ4n) is 3.19. The summed E-state index contributed by atoms with van der Waals surface area (Å²) >= 11 is 0.